The molecule has 0 bridgehead atoms. The minimum atomic E-state index is -0.319. The molecule has 0 saturated heterocycles. The van der Waals surface area contributed by atoms with E-state index in [1.807, 2.05) is 0 Å². The van der Waals surface area contributed by atoms with Crippen LogP contribution in [0.2, 0.25) is 0 Å². The van der Waals surface area contributed by atoms with Gasteiger partial charge in [0.05, 0.1) is 6.10 Å². The fourth-order valence-corrected chi connectivity index (χ4v) is 1.60. The molecule has 1 saturated carbocycles. The summed E-state index contributed by atoms with van der Waals surface area (Å²) in [6.45, 7) is 3.36. The van der Waals surface area contributed by atoms with Gasteiger partial charge >= 0.3 is 5.97 Å². The van der Waals surface area contributed by atoms with E-state index in [0.29, 0.717) is 6.10 Å². The molecule has 3 nitrogen and oxygen atoms in total. The van der Waals surface area contributed by atoms with Gasteiger partial charge in [-0.3, -0.25) is 0 Å². The van der Waals surface area contributed by atoms with E-state index in [4.69, 9.17) is 9.47 Å². The van der Waals surface area contributed by atoms with Crippen LogP contribution in [0.25, 0.3) is 0 Å². The summed E-state index contributed by atoms with van der Waals surface area (Å²) in [5.41, 5.74) is 0. The summed E-state index contributed by atoms with van der Waals surface area (Å²) < 4.78 is 10.3. The Morgan fingerprint density at radius 3 is 2.31 bits per heavy atom. The number of methoxy groups -OCH3 is 1. The molecular weight excluding hydrogens is 168 g/mol. The Kier molecular flexibility index (Phi) is 3.96. The summed E-state index contributed by atoms with van der Waals surface area (Å²) in [5, 5.41) is 0. The van der Waals surface area contributed by atoms with Gasteiger partial charge in [-0.05, 0) is 25.7 Å². The smallest absolute Gasteiger partial charge is 0.330 e. The lowest BCUT2D eigenvalue weighted by molar-refractivity contribution is -0.145. The summed E-state index contributed by atoms with van der Waals surface area (Å²) in [4.78, 5) is 10.9. The van der Waals surface area contributed by atoms with Gasteiger partial charge in [0, 0.05) is 13.2 Å². The molecular formula is C10H16O3. The fraction of sp³-hybridized carbons (Fsp3) is 0.700. The maximum atomic E-state index is 10.9. The molecule has 74 valence electrons. The van der Waals surface area contributed by atoms with Gasteiger partial charge in [0.25, 0.3) is 0 Å². The number of ether oxygens (including phenoxy) is 2. The molecule has 1 rings (SSSR count). The van der Waals surface area contributed by atoms with E-state index in [1.54, 1.807) is 7.11 Å². The number of esters is 1. The van der Waals surface area contributed by atoms with Crippen molar-refractivity contribution in [2.24, 2.45) is 0 Å². The van der Waals surface area contributed by atoms with Crippen molar-refractivity contribution in [3.63, 3.8) is 0 Å². The lowest BCUT2D eigenvalue weighted by Gasteiger charge is -2.26. The van der Waals surface area contributed by atoms with Crippen LogP contribution >= 0.6 is 0 Å². The Hall–Kier alpha value is -0.830. The second kappa shape index (κ2) is 5.02. The Balaban J connectivity index is 2.24. The second-order valence-electron chi connectivity index (χ2n) is 3.28. The van der Waals surface area contributed by atoms with Gasteiger partial charge in [0.2, 0.25) is 0 Å². The zero-order valence-electron chi connectivity index (χ0n) is 7.99. The van der Waals surface area contributed by atoms with Crippen LogP contribution in [0.3, 0.4) is 0 Å². The first-order valence-corrected chi connectivity index (χ1v) is 4.62. The van der Waals surface area contributed by atoms with Gasteiger partial charge in [0.15, 0.2) is 0 Å². The molecule has 0 aromatic rings. The maximum absolute atomic E-state index is 10.9. The molecule has 0 spiro atoms. The Bertz CT molecular complexity index is 181. The number of carbonyl (C=O) groups excluding carboxylic acids is 1. The van der Waals surface area contributed by atoms with Gasteiger partial charge in [-0.25, -0.2) is 4.79 Å². The van der Waals surface area contributed by atoms with Crippen molar-refractivity contribution >= 4 is 5.97 Å². The topological polar surface area (TPSA) is 35.5 Å². The van der Waals surface area contributed by atoms with Crippen LogP contribution < -0.4 is 0 Å². The molecule has 0 aromatic carbocycles. The minimum absolute atomic E-state index is 0.0666. The third-order valence-corrected chi connectivity index (χ3v) is 2.40. The van der Waals surface area contributed by atoms with E-state index in [2.05, 4.69) is 6.58 Å². The third-order valence-electron chi connectivity index (χ3n) is 2.40. The van der Waals surface area contributed by atoms with E-state index in [0.717, 1.165) is 25.7 Å². The van der Waals surface area contributed by atoms with Gasteiger partial charge in [-0.1, -0.05) is 6.58 Å². The summed E-state index contributed by atoms with van der Waals surface area (Å²) in [6.07, 6.45) is 5.38. The van der Waals surface area contributed by atoms with Gasteiger partial charge < -0.3 is 9.47 Å². The average Bonchev–Trinajstić information content (AvgIpc) is 2.19. The maximum Gasteiger partial charge on any atom is 0.330 e. The van der Waals surface area contributed by atoms with Crippen LogP contribution in [0, 0.1) is 0 Å². The molecule has 0 aliphatic heterocycles. The SMILES string of the molecule is C=CC(=O)OC1CCC(OC)CC1. The van der Waals surface area contributed by atoms with Crippen LogP contribution in [0.15, 0.2) is 12.7 Å². The third kappa shape index (κ3) is 3.19. The highest BCUT2D eigenvalue weighted by Crippen LogP contribution is 2.22. The zero-order chi connectivity index (χ0) is 9.68. The summed E-state index contributed by atoms with van der Waals surface area (Å²) in [6, 6.07) is 0. The molecule has 0 amide bonds. The highest BCUT2D eigenvalue weighted by atomic mass is 16.5. The lowest BCUT2D eigenvalue weighted by atomic mass is 9.95. The van der Waals surface area contributed by atoms with Crippen molar-refractivity contribution in [2.75, 3.05) is 7.11 Å². The first-order chi connectivity index (χ1) is 6.26. The van der Waals surface area contributed by atoms with Crippen LogP contribution in [-0.2, 0) is 14.3 Å². The van der Waals surface area contributed by atoms with Crippen LogP contribution in [-0.4, -0.2) is 25.3 Å². The molecule has 0 atom stereocenters. The van der Waals surface area contributed by atoms with Crippen molar-refractivity contribution in [3.05, 3.63) is 12.7 Å². The van der Waals surface area contributed by atoms with E-state index < -0.39 is 0 Å². The number of rotatable bonds is 3. The van der Waals surface area contributed by atoms with Crippen molar-refractivity contribution < 1.29 is 14.3 Å². The highest BCUT2D eigenvalue weighted by Gasteiger charge is 2.22. The largest absolute Gasteiger partial charge is 0.459 e. The summed E-state index contributed by atoms with van der Waals surface area (Å²) >= 11 is 0. The van der Waals surface area contributed by atoms with Crippen LogP contribution in [0.5, 0.6) is 0 Å². The molecule has 13 heavy (non-hydrogen) atoms. The van der Waals surface area contributed by atoms with E-state index in [-0.39, 0.29) is 12.1 Å². The molecule has 0 aromatic heterocycles. The normalized spacial score (nSPS) is 28.1. The van der Waals surface area contributed by atoms with Gasteiger partial charge in [-0.2, -0.15) is 0 Å². The Morgan fingerprint density at radius 2 is 1.85 bits per heavy atom. The van der Waals surface area contributed by atoms with Crippen LogP contribution in [0.4, 0.5) is 0 Å². The molecule has 3 heteroatoms. The second-order valence-corrected chi connectivity index (χ2v) is 3.28. The molecule has 0 N–H and O–H groups in total. The van der Waals surface area contributed by atoms with Crippen molar-refractivity contribution in [1.29, 1.82) is 0 Å². The first-order valence-electron chi connectivity index (χ1n) is 4.62. The Morgan fingerprint density at radius 1 is 1.31 bits per heavy atom. The standard InChI is InChI=1S/C10H16O3/c1-3-10(11)13-9-6-4-8(12-2)5-7-9/h3,8-9H,1,4-7H2,2H3. The Labute approximate surface area is 78.7 Å². The molecule has 1 aliphatic carbocycles. The fourth-order valence-electron chi connectivity index (χ4n) is 1.60. The van der Waals surface area contributed by atoms with E-state index in [9.17, 15) is 4.79 Å². The lowest BCUT2D eigenvalue weighted by Crippen LogP contribution is -2.27. The number of carbonyl (C=O) groups is 1. The van der Waals surface area contributed by atoms with Gasteiger partial charge in [0.1, 0.15) is 6.10 Å². The zero-order valence-corrected chi connectivity index (χ0v) is 7.99. The molecule has 0 unspecified atom stereocenters. The van der Waals surface area contributed by atoms with E-state index >= 15 is 0 Å². The van der Waals surface area contributed by atoms with Crippen molar-refractivity contribution in [2.45, 2.75) is 37.9 Å². The molecule has 1 aliphatic rings. The molecule has 1 fully saturated rings. The van der Waals surface area contributed by atoms with Crippen molar-refractivity contribution in [3.8, 4) is 0 Å². The molecule has 0 radical (unpaired) electrons. The minimum Gasteiger partial charge on any atom is -0.459 e. The van der Waals surface area contributed by atoms with E-state index in [1.165, 1.54) is 6.08 Å². The average molecular weight is 184 g/mol. The number of hydrogen-bond acceptors (Lipinski definition) is 3. The van der Waals surface area contributed by atoms with Crippen LogP contribution in [0.1, 0.15) is 25.7 Å². The van der Waals surface area contributed by atoms with Crippen molar-refractivity contribution in [1.82, 2.24) is 0 Å². The quantitative estimate of drug-likeness (QED) is 0.494. The molecule has 0 heterocycles. The monoisotopic (exact) mass is 184 g/mol. The number of hydrogen-bond donors (Lipinski definition) is 0. The highest BCUT2D eigenvalue weighted by molar-refractivity contribution is 5.81. The van der Waals surface area contributed by atoms with Gasteiger partial charge in [-0.15, -0.1) is 0 Å². The predicted octanol–water partition coefficient (Wildman–Crippen LogP) is 1.67. The first kappa shape index (κ1) is 10.3. The summed E-state index contributed by atoms with van der Waals surface area (Å²) in [5.74, 6) is -0.319. The predicted molar refractivity (Wildman–Crippen MR) is 49.3 cm³/mol. The summed E-state index contributed by atoms with van der Waals surface area (Å²) in [7, 11) is 1.72.